The molecule has 0 aliphatic carbocycles. The minimum absolute atomic E-state index is 0.107. The largest absolute Gasteiger partial charge is 0.319 e. The highest BCUT2D eigenvalue weighted by Gasteiger charge is 2.13. The molecule has 0 heterocycles. The lowest BCUT2D eigenvalue weighted by Crippen LogP contribution is -2.22. The second kappa shape index (κ2) is 7.12. The topological polar surface area (TPSA) is 12.0 Å². The van der Waals surface area contributed by atoms with E-state index < -0.39 is 0 Å². The predicted octanol–water partition coefficient (Wildman–Crippen LogP) is 4.01. The van der Waals surface area contributed by atoms with Gasteiger partial charge in [0.1, 0.15) is 5.82 Å². The molecule has 0 aliphatic rings. The average Bonchev–Trinajstić information content (AvgIpc) is 2.21. The highest BCUT2D eigenvalue weighted by molar-refractivity contribution is 9.10. The smallest absolute Gasteiger partial charge is 0.127 e. The molecule has 0 amide bonds. The van der Waals surface area contributed by atoms with Crippen molar-refractivity contribution < 1.29 is 4.39 Å². The van der Waals surface area contributed by atoms with Gasteiger partial charge < -0.3 is 5.32 Å². The number of hydrogen-bond acceptors (Lipinski definition) is 1. The zero-order valence-electron chi connectivity index (χ0n) is 10.8. The molecular weight excluding hydrogens is 281 g/mol. The summed E-state index contributed by atoms with van der Waals surface area (Å²) in [6, 6.07) is 5.33. The van der Waals surface area contributed by atoms with E-state index in [1.165, 1.54) is 0 Å². The van der Waals surface area contributed by atoms with Gasteiger partial charge >= 0.3 is 0 Å². The minimum Gasteiger partial charge on any atom is -0.319 e. The summed E-state index contributed by atoms with van der Waals surface area (Å²) in [7, 11) is 1.95. The molecule has 96 valence electrons. The predicted molar refractivity (Wildman–Crippen MR) is 74.7 cm³/mol. The molecular formula is C14H21BrFN. The molecule has 0 radical (unpaired) electrons. The van der Waals surface area contributed by atoms with Crippen molar-refractivity contribution in [2.24, 2.45) is 11.8 Å². The Morgan fingerprint density at radius 3 is 2.59 bits per heavy atom. The van der Waals surface area contributed by atoms with Crippen molar-refractivity contribution in [3.8, 4) is 0 Å². The number of hydrogen-bond donors (Lipinski definition) is 1. The van der Waals surface area contributed by atoms with Crippen LogP contribution in [0, 0.1) is 17.7 Å². The van der Waals surface area contributed by atoms with Crippen LogP contribution in [0.4, 0.5) is 4.39 Å². The molecule has 0 aromatic heterocycles. The van der Waals surface area contributed by atoms with E-state index in [0.29, 0.717) is 11.8 Å². The summed E-state index contributed by atoms with van der Waals surface area (Å²) in [4.78, 5) is 0. The lowest BCUT2D eigenvalue weighted by atomic mass is 9.91. The first-order chi connectivity index (χ1) is 8.02. The van der Waals surface area contributed by atoms with Crippen LogP contribution in [0.25, 0.3) is 0 Å². The number of benzene rings is 1. The fraction of sp³-hybridized carbons (Fsp3) is 0.571. The van der Waals surface area contributed by atoms with Crippen LogP contribution in [0.15, 0.2) is 22.7 Å². The molecule has 1 unspecified atom stereocenters. The highest BCUT2D eigenvalue weighted by atomic mass is 79.9. The van der Waals surface area contributed by atoms with Gasteiger partial charge in [0, 0.05) is 4.47 Å². The van der Waals surface area contributed by atoms with Crippen molar-refractivity contribution in [2.75, 3.05) is 13.6 Å². The number of rotatable bonds is 6. The summed E-state index contributed by atoms with van der Waals surface area (Å²) in [5.74, 6) is 1.03. The average molecular weight is 302 g/mol. The molecule has 1 N–H and O–H groups in total. The first-order valence-electron chi connectivity index (χ1n) is 6.11. The lowest BCUT2D eigenvalue weighted by molar-refractivity contribution is 0.390. The van der Waals surface area contributed by atoms with E-state index in [1.807, 2.05) is 19.2 Å². The summed E-state index contributed by atoms with van der Waals surface area (Å²) >= 11 is 3.28. The molecule has 3 heteroatoms. The third-order valence-corrected chi connectivity index (χ3v) is 3.31. The van der Waals surface area contributed by atoms with Gasteiger partial charge in [-0.15, -0.1) is 0 Å². The van der Waals surface area contributed by atoms with E-state index >= 15 is 0 Å². The normalized spacial score (nSPS) is 13.1. The van der Waals surface area contributed by atoms with Crippen LogP contribution >= 0.6 is 15.9 Å². The monoisotopic (exact) mass is 301 g/mol. The lowest BCUT2D eigenvalue weighted by Gasteiger charge is -2.19. The van der Waals surface area contributed by atoms with Crippen LogP contribution < -0.4 is 5.32 Å². The van der Waals surface area contributed by atoms with E-state index in [4.69, 9.17) is 0 Å². The molecule has 1 rings (SSSR count). The van der Waals surface area contributed by atoms with E-state index in [9.17, 15) is 4.39 Å². The molecule has 1 aromatic carbocycles. The Labute approximate surface area is 112 Å². The van der Waals surface area contributed by atoms with Gasteiger partial charge in [-0.3, -0.25) is 0 Å². The van der Waals surface area contributed by atoms with Gasteiger partial charge in [0.15, 0.2) is 0 Å². The molecule has 0 spiro atoms. The molecule has 17 heavy (non-hydrogen) atoms. The van der Waals surface area contributed by atoms with Gasteiger partial charge in [0.25, 0.3) is 0 Å². The first kappa shape index (κ1) is 14.7. The molecule has 0 saturated carbocycles. The van der Waals surface area contributed by atoms with E-state index in [2.05, 4.69) is 35.1 Å². The maximum Gasteiger partial charge on any atom is 0.127 e. The Bertz CT molecular complexity index is 352. The summed E-state index contributed by atoms with van der Waals surface area (Å²) in [6.07, 6.45) is 1.93. The van der Waals surface area contributed by atoms with Gasteiger partial charge in [0.05, 0.1) is 0 Å². The maximum atomic E-state index is 13.7. The van der Waals surface area contributed by atoms with Crippen molar-refractivity contribution in [2.45, 2.75) is 26.7 Å². The molecule has 1 nitrogen and oxygen atoms in total. The van der Waals surface area contributed by atoms with Gasteiger partial charge in [0.2, 0.25) is 0 Å². The fourth-order valence-electron chi connectivity index (χ4n) is 2.19. The molecule has 1 atom stereocenters. The molecule has 0 bridgehead atoms. The highest BCUT2D eigenvalue weighted by Crippen LogP contribution is 2.21. The molecule has 0 saturated heterocycles. The van der Waals surface area contributed by atoms with Crippen molar-refractivity contribution >= 4 is 15.9 Å². The third kappa shape index (κ3) is 5.17. The van der Waals surface area contributed by atoms with E-state index in [1.54, 1.807) is 6.07 Å². The van der Waals surface area contributed by atoms with Crippen molar-refractivity contribution in [3.05, 3.63) is 34.1 Å². The molecule has 1 aromatic rings. The van der Waals surface area contributed by atoms with Crippen LogP contribution in [0.2, 0.25) is 0 Å². The standard InChI is InChI=1S/C14H21BrFN/c1-10(2)6-11(9-17-3)7-12-4-5-13(15)8-14(12)16/h4-5,8,10-11,17H,6-7,9H2,1-3H3. The second-order valence-corrected chi connectivity index (χ2v) is 5.91. The summed E-state index contributed by atoms with van der Waals surface area (Å²) < 4.78 is 14.5. The third-order valence-electron chi connectivity index (χ3n) is 2.82. The van der Waals surface area contributed by atoms with Gasteiger partial charge in [-0.2, -0.15) is 0 Å². The fourth-order valence-corrected chi connectivity index (χ4v) is 2.53. The minimum atomic E-state index is -0.107. The second-order valence-electron chi connectivity index (χ2n) is 4.99. The van der Waals surface area contributed by atoms with Crippen LogP contribution in [0.1, 0.15) is 25.8 Å². The zero-order valence-corrected chi connectivity index (χ0v) is 12.3. The Morgan fingerprint density at radius 2 is 2.06 bits per heavy atom. The number of halogens is 2. The number of nitrogens with one attached hydrogen (secondary N) is 1. The summed E-state index contributed by atoms with van der Waals surface area (Å²) in [5.41, 5.74) is 0.814. The SMILES string of the molecule is CNCC(Cc1ccc(Br)cc1F)CC(C)C. The summed E-state index contributed by atoms with van der Waals surface area (Å²) in [6.45, 7) is 5.36. The first-order valence-corrected chi connectivity index (χ1v) is 6.90. The van der Waals surface area contributed by atoms with Crippen LogP contribution in [0.3, 0.4) is 0 Å². The van der Waals surface area contributed by atoms with Crippen LogP contribution in [-0.4, -0.2) is 13.6 Å². The van der Waals surface area contributed by atoms with Gasteiger partial charge in [-0.1, -0.05) is 35.8 Å². The Morgan fingerprint density at radius 1 is 1.35 bits per heavy atom. The van der Waals surface area contributed by atoms with Gasteiger partial charge in [-0.25, -0.2) is 4.39 Å². The molecule has 0 aliphatic heterocycles. The Kier molecular flexibility index (Phi) is 6.14. The van der Waals surface area contributed by atoms with E-state index in [0.717, 1.165) is 29.4 Å². The maximum absolute atomic E-state index is 13.7. The van der Waals surface area contributed by atoms with Crippen molar-refractivity contribution in [1.29, 1.82) is 0 Å². The quantitative estimate of drug-likeness (QED) is 0.837. The van der Waals surface area contributed by atoms with E-state index in [-0.39, 0.29) is 5.82 Å². The zero-order chi connectivity index (χ0) is 12.8. The van der Waals surface area contributed by atoms with Crippen molar-refractivity contribution in [1.82, 2.24) is 5.32 Å². The van der Waals surface area contributed by atoms with Crippen LogP contribution in [-0.2, 0) is 6.42 Å². The van der Waals surface area contributed by atoms with Crippen LogP contribution in [0.5, 0.6) is 0 Å². The molecule has 0 fully saturated rings. The van der Waals surface area contributed by atoms with Crippen molar-refractivity contribution in [3.63, 3.8) is 0 Å². The van der Waals surface area contributed by atoms with Gasteiger partial charge in [-0.05, 0) is 56.0 Å². The Balaban J connectivity index is 2.71. The Hall–Kier alpha value is -0.410. The summed E-state index contributed by atoms with van der Waals surface area (Å²) in [5, 5.41) is 3.19.